The predicted molar refractivity (Wildman–Crippen MR) is 77.3 cm³/mol. The summed E-state index contributed by atoms with van der Waals surface area (Å²) in [6.45, 7) is 4.66. The van der Waals surface area contributed by atoms with Gasteiger partial charge < -0.3 is 4.90 Å². The molecule has 5 heteroatoms. The average Bonchev–Trinajstić information content (AvgIpc) is 3.12. The summed E-state index contributed by atoms with van der Waals surface area (Å²) in [5.41, 5.74) is 1.18. The molecule has 3 rings (SSSR count). The second-order valence-electron chi connectivity index (χ2n) is 6.12. The van der Waals surface area contributed by atoms with Gasteiger partial charge in [-0.25, -0.2) is 0 Å². The maximum Gasteiger partial charge on any atom is 0.236 e. The quantitative estimate of drug-likeness (QED) is 0.901. The van der Waals surface area contributed by atoms with E-state index in [1.165, 1.54) is 25.0 Å². The Labute approximate surface area is 120 Å². The van der Waals surface area contributed by atoms with Crippen molar-refractivity contribution < 1.29 is 4.79 Å². The summed E-state index contributed by atoms with van der Waals surface area (Å²) >= 11 is 0. The summed E-state index contributed by atoms with van der Waals surface area (Å²) in [7, 11) is 0. The van der Waals surface area contributed by atoms with Gasteiger partial charge in [-0.05, 0) is 57.2 Å². The largest absolute Gasteiger partial charge is 0.341 e. The van der Waals surface area contributed by atoms with E-state index in [9.17, 15) is 4.79 Å². The minimum absolute atomic E-state index is 0.321. The third-order valence-electron chi connectivity index (χ3n) is 4.50. The van der Waals surface area contributed by atoms with Gasteiger partial charge in [-0.2, -0.15) is 5.10 Å². The molecule has 2 aliphatic rings. The van der Waals surface area contributed by atoms with Gasteiger partial charge in [0.2, 0.25) is 5.91 Å². The molecule has 0 radical (unpaired) electrons. The smallest absolute Gasteiger partial charge is 0.236 e. The van der Waals surface area contributed by atoms with Crippen molar-refractivity contribution in [2.45, 2.75) is 32.1 Å². The molecule has 2 saturated heterocycles. The van der Waals surface area contributed by atoms with Crippen LogP contribution in [0.2, 0.25) is 0 Å². The Morgan fingerprint density at radius 1 is 1.30 bits per heavy atom. The number of aromatic amines is 1. The van der Waals surface area contributed by atoms with Gasteiger partial charge in [0, 0.05) is 25.0 Å². The Morgan fingerprint density at radius 2 is 2.15 bits per heavy atom. The van der Waals surface area contributed by atoms with Crippen LogP contribution in [0.1, 0.15) is 31.4 Å². The summed E-state index contributed by atoms with van der Waals surface area (Å²) < 4.78 is 0. The minimum atomic E-state index is 0.321. The number of hydrogen-bond donors (Lipinski definition) is 1. The molecule has 1 unspecified atom stereocenters. The predicted octanol–water partition coefficient (Wildman–Crippen LogP) is 1.29. The monoisotopic (exact) mass is 276 g/mol. The van der Waals surface area contributed by atoms with Crippen LogP contribution in [-0.2, 0) is 11.2 Å². The van der Waals surface area contributed by atoms with Crippen LogP contribution in [0, 0.1) is 5.92 Å². The first-order valence-corrected chi connectivity index (χ1v) is 7.79. The van der Waals surface area contributed by atoms with Crippen molar-refractivity contribution in [3.05, 3.63) is 18.0 Å². The van der Waals surface area contributed by atoms with Crippen molar-refractivity contribution in [3.8, 4) is 0 Å². The standard InChI is InChI=1S/C15H24N4O/c20-15(12-18-7-1-2-8-18)19-9-3-4-13(11-19)10-14-5-6-16-17-14/h5-6,13H,1-4,7-12H2,(H,16,17). The first-order chi connectivity index (χ1) is 9.81. The molecule has 1 N–H and O–H groups in total. The van der Waals surface area contributed by atoms with Gasteiger partial charge in [-0.3, -0.25) is 14.8 Å². The summed E-state index contributed by atoms with van der Waals surface area (Å²) in [5, 5.41) is 7.02. The molecule has 1 atom stereocenters. The van der Waals surface area contributed by atoms with Crippen LogP contribution in [0.3, 0.4) is 0 Å². The Hall–Kier alpha value is -1.36. The molecular weight excluding hydrogens is 252 g/mol. The fourth-order valence-corrected chi connectivity index (χ4v) is 3.40. The Kier molecular flexibility index (Phi) is 4.35. The fraction of sp³-hybridized carbons (Fsp3) is 0.733. The van der Waals surface area contributed by atoms with Crippen molar-refractivity contribution in [2.24, 2.45) is 5.92 Å². The van der Waals surface area contributed by atoms with E-state index in [2.05, 4.69) is 20.0 Å². The van der Waals surface area contributed by atoms with E-state index < -0.39 is 0 Å². The number of likely N-dealkylation sites (tertiary alicyclic amines) is 2. The number of hydrogen-bond acceptors (Lipinski definition) is 3. The topological polar surface area (TPSA) is 52.2 Å². The number of carbonyl (C=O) groups excluding carboxylic acids is 1. The first-order valence-electron chi connectivity index (χ1n) is 7.79. The van der Waals surface area contributed by atoms with Crippen LogP contribution in [0.4, 0.5) is 0 Å². The molecule has 1 amide bonds. The third kappa shape index (κ3) is 3.39. The van der Waals surface area contributed by atoms with E-state index in [1.807, 2.05) is 6.07 Å². The molecule has 3 heterocycles. The summed E-state index contributed by atoms with van der Waals surface area (Å²) in [6, 6.07) is 2.03. The summed E-state index contributed by atoms with van der Waals surface area (Å²) in [5.74, 6) is 0.896. The van der Waals surface area contributed by atoms with Crippen LogP contribution in [0.15, 0.2) is 12.3 Å². The number of carbonyl (C=O) groups is 1. The van der Waals surface area contributed by atoms with Crippen LogP contribution in [0.5, 0.6) is 0 Å². The molecule has 1 aromatic heterocycles. The van der Waals surface area contributed by atoms with Crippen molar-refractivity contribution >= 4 is 5.91 Å². The van der Waals surface area contributed by atoms with Crippen molar-refractivity contribution in [3.63, 3.8) is 0 Å². The lowest BCUT2D eigenvalue weighted by atomic mass is 9.93. The lowest BCUT2D eigenvalue weighted by Crippen LogP contribution is -2.45. The lowest BCUT2D eigenvalue weighted by Gasteiger charge is -2.33. The van der Waals surface area contributed by atoms with E-state index in [0.29, 0.717) is 18.4 Å². The molecule has 0 aliphatic carbocycles. The van der Waals surface area contributed by atoms with Crippen LogP contribution < -0.4 is 0 Å². The molecule has 0 aromatic carbocycles. The lowest BCUT2D eigenvalue weighted by molar-refractivity contribution is -0.134. The van der Waals surface area contributed by atoms with Gasteiger partial charge >= 0.3 is 0 Å². The maximum absolute atomic E-state index is 12.4. The van der Waals surface area contributed by atoms with E-state index in [0.717, 1.165) is 39.0 Å². The van der Waals surface area contributed by atoms with Crippen molar-refractivity contribution in [2.75, 3.05) is 32.7 Å². The van der Waals surface area contributed by atoms with Gasteiger partial charge in [0.25, 0.3) is 0 Å². The molecule has 110 valence electrons. The number of amides is 1. The van der Waals surface area contributed by atoms with E-state index in [-0.39, 0.29) is 0 Å². The SMILES string of the molecule is O=C(CN1CCCC1)N1CCCC(Cc2ccn[nH]2)C1. The highest BCUT2D eigenvalue weighted by Gasteiger charge is 2.25. The number of piperidine rings is 1. The first kappa shape index (κ1) is 13.6. The Morgan fingerprint density at radius 3 is 2.90 bits per heavy atom. The Balaban J connectivity index is 1.50. The van der Waals surface area contributed by atoms with Crippen molar-refractivity contribution in [1.82, 2.24) is 20.0 Å². The van der Waals surface area contributed by atoms with Crippen molar-refractivity contribution in [1.29, 1.82) is 0 Å². The zero-order chi connectivity index (χ0) is 13.8. The van der Waals surface area contributed by atoms with E-state index in [1.54, 1.807) is 6.20 Å². The zero-order valence-electron chi connectivity index (χ0n) is 12.1. The third-order valence-corrected chi connectivity index (χ3v) is 4.50. The van der Waals surface area contributed by atoms with Gasteiger partial charge in [0.15, 0.2) is 0 Å². The maximum atomic E-state index is 12.4. The summed E-state index contributed by atoms with van der Waals surface area (Å²) in [6.07, 6.45) is 7.64. The highest BCUT2D eigenvalue weighted by Crippen LogP contribution is 2.20. The second kappa shape index (κ2) is 6.39. The number of aromatic nitrogens is 2. The number of nitrogens with one attached hydrogen (secondary N) is 1. The fourth-order valence-electron chi connectivity index (χ4n) is 3.40. The average molecular weight is 276 g/mol. The number of H-pyrrole nitrogens is 1. The normalized spacial score (nSPS) is 24.2. The van der Waals surface area contributed by atoms with E-state index >= 15 is 0 Å². The molecule has 1 aromatic rings. The Bertz CT molecular complexity index is 425. The summed E-state index contributed by atoms with van der Waals surface area (Å²) in [4.78, 5) is 16.7. The molecule has 5 nitrogen and oxygen atoms in total. The minimum Gasteiger partial charge on any atom is -0.341 e. The molecule has 2 fully saturated rings. The van der Waals surface area contributed by atoms with Gasteiger partial charge in [-0.1, -0.05) is 0 Å². The number of rotatable bonds is 4. The van der Waals surface area contributed by atoms with E-state index in [4.69, 9.17) is 0 Å². The molecule has 2 aliphatic heterocycles. The van der Waals surface area contributed by atoms with Crippen LogP contribution >= 0.6 is 0 Å². The second-order valence-corrected chi connectivity index (χ2v) is 6.12. The van der Waals surface area contributed by atoms with Crippen LogP contribution in [0.25, 0.3) is 0 Å². The molecule has 0 bridgehead atoms. The van der Waals surface area contributed by atoms with Crippen LogP contribution in [-0.4, -0.2) is 58.6 Å². The highest BCUT2D eigenvalue weighted by molar-refractivity contribution is 5.78. The molecule has 0 saturated carbocycles. The molecular formula is C15H24N4O. The van der Waals surface area contributed by atoms with Gasteiger partial charge in [0.1, 0.15) is 0 Å². The van der Waals surface area contributed by atoms with Gasteiger partial charge in [0.05, 0.1) is 6.54 Å². The molecule has 0 spiro atoms. The number of nitrogens with zero attached hydrogens (tertiary/aromatic N) is 3. The van der Waals surface area contributed by atoms with Gasteiger partial charge in [-0.15, -0.1) is 0 Å². The molecule has 20 heavy (non-hydrogen) atoms. The zero-order valence-corrected chi connectivity index (χ0v) is 12.1. The highest BCUT2D eigenvalue weighted by atomic mass is 16.2.